The van der Waals surface area contributed by atoms with Crippen LogP contribution in [-0.2, 0) is 31.5 Å². The number of ether oxygens (including phenoxy) is 2. The number of hydrogen-bond donors (Lipinski definition) is 0. The van der Waals surface area contributed by atoms with E-state index in [-0.39, 0.29) is 60.1 Å². The van der Waals surface area contributed by atoms with Crippen molar-refractivity contribution in [2.75, 3.05) is 31.7 Å². The molecule has 2 aromatic carbocycles. The highest BCUT2D eigenvalue weighted by Gasteiger charge is 2.44. The SMILES string of the molecule is COc1cc(-c2cccc(C(F)(F)F)c2)c(F)cc1N1C(=O)CO[C@@H]2CN(S(=O)(=O)Cc3ccon3)CC[C@H]21. The topological polar surface area (TPSA) is 102 Å². The van der Waals surface area contributed by atoms with E-state index in [0.717, 1.165) is 18.2 Å². The number of rotatable bonds is 6. The molecule has 0 N–H and O–H groups in total. The lowest BCUT2D eigenvalue weighted by Crippen LogP contribution is -2.62. The maximum Gasteiger partial charge on any atom is 0.416 e. The molecule has 2 saturated heterocycles. The van der Waals surface area contributed by atoms with Gasteiger partial charge in [-0.2, -0.15) is 17.5 Å². The lowest BCUT2D eigenvalue weighted by atomic mass is 9.97. The van der Waals surface area contributed by atoms with Crippen molar-refractivity contribution in [2.24, 2.45) is 0 Å². The molecule has 0 saturated carbocycles. The number of nitrogens with zero attached hydrogens (tertiary/aromatic N) is 3. The summed E-state index contributed by atoms with van der Waals surface area (Å²) in [7, 11) is -2.46. The molecule has 5 rings (SSSR count). The monoisotopic (exact) mass is 569 g/mol. The molecule has 2 fully saturated rings. The first-order valence-electron chi connectivity index (χ1n) is 11.8. The molecule has 1 aromatic heterocycles. The first-order chi connectivity index (χ1) is 18.5. The van der Waals surface area contributed by atoms with Gasteiger partial charge in [0.1, 0.15) is 30.2 Å². The second-order valence-electron chi connectivity index (χ2n) is 9.16. The number of carbonyl (C=O) groups is 1. The Labute approximate surface area is 220 Å². The zero-order chi connectivity index (χ0) is 27.9. The molecule has 0 spiro atoms. The van der Waals surface area contributed by atoms with Crippen LogP contribution in [0.1, 0.15) is 17.7 Å². The van der Waals surface area contributed by atoms with Crippen LogP contribution in [-0.4, -0.2) is 62.7 Å². The van der Waals surface area contributed by atoms with E-state index in [1.165, 1.54) is 46.8 Å². The molecule has 39 heavy (non-hydrogen) atoms. The summed E-state index contributed by atoms with van der Waals surface area (Å²) < 4.78 is 97.9. The number of sulfonamides is 1. The predicted octanol–water partition coefficient (Wildman–Crippen LogP) is 3.84. The molecule has 2 aliphatic heterocycles. The van der Waals surface area contributed by atoms with E-state index < -0.39 is 45.6 Å². The summed E-state index contributed by atoms with van der Waals surface area (Å²) in [4.78, 5) is 14.3. The number of anilines is 1. The number of hydrogen-bond acceptors (Lipinski definition) is 7. The average molecular weight is 570 g/mol. The highest BCUT2D eigenvalue weighted by atomic mass is 32.2. The molecule has 3 heterocycles. The molecule has 0 unspecified atom stereocenters. The third kappa shape index (κ3) is 5.36. The summed E-state index contributed by atoms with van der Waals surface area (Å²) in [6.45, 7) is -0.345. The van der Waals surface area contributed by atoms with Gasteiger partial charge >= 0.3 is 6.18 Å². The number of fused-ring (bicyclic) bond motifs is 1. The first kappa shape index (κ1) is 27.1. The highest BCUT2D eigenvalue weighted by Crippen LogP contribution is 2.41. The Morgan fingerprint density at radius 1 is 1.18 bits per heavy atom. The second kappa shape index (κ2) is 10.2. The van der Waals surface area contributed by atoms with Gasteiger partial charge in [0.05, 0.1) is 36.2 Å². The molecule has 14 heteroatoms. The Bertz CT molecular complexity index is 1480. The van der Waals surface area contributed by atoms with Crippen LogP contribution in [0.3, 0.4) is 0 Å². The van der Waals surface area contributed by atoms with Gasteiger partial charge in [-0.05, 0) is 30.2 Å². The van der Waals surface area contributed by atoms with E-state index in [0.29, 0.717) is 0 Å². The number of morpholine rings is 1. The van der Waals surface area contributed by atoms with E-state index in [1.54, 1.807) is 0 Å². The Balaban J connectivity index is 1.44. The van der Waals surface area contributed by atoms with Gasteiger partial charge in [-0.15, -0.1) is 0 Å². The first-order valence-corrected chi connectivity index (χ1v) is 13.4. The maximum atomic E-state index is 15.4. The number of benzene rings is 2. The van der Waals surface area contributed by atoms with Crippen molar-refractivity contribution >= 4 is 21.6 Å². The standard InChI is InChI=1S/C25H23F4N3O6S/c1-36-22-10-18(15-3-2-4-16(9-15)25(27,28)29)19(26)11-21(22)32-20-5-7-31(12-23(20)37-13-24(32)33)39(34,35)14-17-6-8-38-30-17/h2-4,6,8-11,20,23H,5,7,12-14H2,1H3/t20-,23-/m1/s1. The van der Waals surface area contributed by atoms with Gasteiger partial charge in [-0.3, -0.25) is 4.79 Å². The van der Waals surface area contributed by atoms with E-state index in [2.05, 4.69) is 5.16 Å². The minimum Gasteiger partial charge on any atom is -0.495 e. The molecular weight excluding hydrogens is 546 g/mol. The summed E-state index contributed by atoms with van der Waals surface area (Å²) in [5, 5.41) is 3.64. The zero-order valence-corrected chi connectivity index (χ0v) is 21.3. The van der Waals surface area contributed by atoms with Crippen molar-refractivity contribution in [2.45, 2.75) is 30.5 Å². The van der Waals surface area contributed by atoms with Gasteiger partial charge in [-0.1, -0.05) is 17.3 Å². The summed E-state index contributed by atoms with van der Waals surface area (Å²) in [6.07, 6.45) is -3.85. The average Bonchev–Trinajstić information content (AvgIpc) is 3.40. The highest BCUT2D eigenvalue weighted by molar-refractivity contribution is 7.88. The van der Waals surface area contributed by atoms with Crippen molar-refractivity contribution in [1.29, 1.82) is 0 Å². The fraction of sp³-hybridized carbons (Fsp3) is 0.360. The van der Waals surface area contributed by atoms with Crippen LogP contribution in [0.5, 0.6) is 5.75 Å². The molecular formula is C25H23F4N3O6S. The summed E-state index contributed by atoms with van der Waals surface area (Å²) in [5.74, 6) is -1.63. The summed E-state index contributed by atoms with van der Waals surface area (Å²) in [6, 6.07) is 7.36. The van der Waals surface area contributed by atoms with Crippen LogP contribution in [0.2, 0.25) is 0 Å². The van der Waals surface area contributed by atoms with E-state index >= 15 is 4.39 Å². The number of carbonyl (C=O) groups excluding carboxylic acids is 1. The lowest BCUT2D eigenvalue weighted by Gasteiger charge is -2.46. The van der Waals surface area contributed by atoms with Crippen LogP contribution >= 0.6 is 0 Å². The smallest absolute Gasteiger partial charge is 0.416 e. The fourth-order valence-electron chi connectivity index (χ4n) is 4.90. The Hall–Kier alpha value is -3.49. The zero-order valence-electron chi connectivity index (χ0n) is 20.5. The normalized spacial score (nSPS) is 20.6. The molecule has 2 aliphatic rings. The summed E-state index contributed by atoms with van der Waals surface area (Å²) >= 11 is 0. The molecule has 9 nitrogen and oxygen atoms in total. The van der Waals surface area contributed by atoms with Gasteiger partial charge in [0.15, 0.2) is 0 Å². The van der Waals surface area contributed by atoms with Gasteiger partial charge in [-0.25, -0.2) is 12.8 Å². The molecule has 208 valence electrons. The number of halogens is 4. The Kier molecular flexibility index (Phi) is 7.11. The minimum absolute atomic E-state index is 0.0102. The van der Waals surface area contributed by atoms with Crippen molar-refractivity contribution < 1.29 is 44.8 Å². The molecule has 0 radical (unpaired) electrons. The third-order valence-electron chi connectivity index (χ3n) is 6.75. The quantitative estimate of drug-likeness (QED) is 0.416. The number of alkyl halides is 3. The van der Waals surface area contributed by atoms with E-state index in [4.69, 9.17) is 14.0 Å². The van der Waals surface area contributed by atoms with E-state index in [9.17, 15) is 26.4 Å². The predicted molar refractivity (Wildman–Crippen MR) is 130 cm³/mol. The Morgan fingerprint density at radius 3 is 2.67 bits per heavy atom. The molecule has 0 bridgehead atoms. The second-order valence-corrected chi connectivity index (χ2v) is 11.1. The largest absolute Gasteiger partial charge is 0.495 e. The number of methoxy groups -OCH3 is 1. The van der Waals surface area contributed by atoms with Crippen LogP contribution in [0.25, 0.3) is 11.1 Å². The van der Waals surface area contributed by atoms with Gasteiger partial charge in [0.2, 0.25) is 10.0 Å². The van der Waals surface area contributed by atoms with Crippen LogP contribution in [0.4, 0.5) is 23.2 Å². The molecule has 0 aliphatic carbocycles. The van der Waals surface area contributed by atoms with Crippen molar-refractivity contribution in [3.05, 3.63) is 65.8 Å². The molecule has 2 atom stereocenters. The van der Waals surface area contributed by atoms with Crippen molar-refractivity contribution in [3.8, 4) is 16.9 Å². The van der Waals surface area contributed by atoms with Crippen molar-refractivity contribution in [1.82, 2.24) is 9.46 Å². The van der Waals surface area contributed by atoms with Gasteiger partial charge in [0.25, 0.3) is 5.91 Å². The maximum absolute atomic E-state index is 15.4. The van der Waals surface area contributed by atoms with Crippen LogP contribution < -0.4 is 9.64 Å². The fourth-order valence-corrected chi connectivity index (χ4v) is 6.37. The number of piperidine rings is 1. The number of amides is 1. The van der Waals surface area contributed by atoms with Crippen LogP contribution in [0.15, 0.2) is 53.3 Å². The molecule has 1 amide bonds. The van der Waals surface area contributed by atoms with Crippen LogP contribution in [0, 0.1) is 5.82 Å². The summed E-state index contributed by atoms with van der Waals surface area (Å²) in [5.41, 5.74) is -0.747. The van der Waals surface area contributed by atoms with Gasteiger partial charge < -0.3 is 18.9 Å². The molecule has 3 aromatic rings. The van der Waals surface area contributed by atoms with Crippen molar-refractivity contribution in [3.63, 3.8) is 0 Å². The third-order valence-corrected chi connectivity index (χ3v) is 8.53. The number of aromatic nitrogens is 1. The minimum atomic E-state index is -4.61. The lowest BCUT2D eigenvalue weighted by molar-refractivity contribution is -0.137. The van der Waals surface area contributed by atoms with E-state index in [1.807, 2.05) is 0 Å². The van der Waals surface area contributed by atoms with Gasteiger partial charge in [0, 0.05) is 30.8 Å². The Morgan fingerprint density at radius 2 is 1.97 bits per heavy atom.